The minimum absolute atomic E-state index is 0.121. The SMILES string of the molecule is CC(=O)N(c1ccccc1)c1nc(/C=C/C(=O)N2CCC(C(N)=O)CC2)cs1. The Hall–Kier alpha value is -3.00. The predicted molar refractivity (Wildman–Crippen MR) is 109 cm³/mol. The maximum absolute atomic E-state index is 12.4. The highest BCUT2D eigenvalue weighted by molar-refractivity contribution is 7.14. The first-order valence-electron chi connectivity index (χ1n) is 9.03. The molecule has 0 saturated carbocycles. The Bertz CT molecular complexity index is 886. The first-order valence-corrected chi connectivity index (χ1v) is 9.91. The molecule has 0 atom stereocenters. The number of nitrogens with zero attached hydrogens (tertiary/aromatic N) is 3. The van der Waals surface area contributed by atoms with Gasteiger partial charge in [-0.1, -0.05) is 18.2 Å². The Kier molecular flexibility index (Phi) is 6.20. The van der Waals surface area contributed by atoms with Gasteiger partial charge in [-0.25, -0.2) is 4.98 Å². The van der Waals surface area contributed by atoms with Crippen LogP contribution >= 0.6 is 11.3 Å². The van der Waals surface area contributed by atoms with E-state index in [-0.39, 0.29) is 23.6 Å². The summed E-state index contributed by atoms with van der Waals surface area (Å²) in [7, 11) is 0. The molecule has 0 unspecified atom stereocenters. The van der Waals surface area contributed by atoms with E-state index in [1.54, 1.807) is 21.3 Å². The van der Waals surface area contributed by atoms with Gasteiger partial charge in [0.1, 0.15) is 0 Å². The van der Waals surface area contributed by atoms with Crippen molar-refractivity contribution in [3.05, 3.63) is 47.5 Å². The van der Waals surface area contributed by atoms with Gasteiger partial charge in [0.25, 0.3) is 0 Å². The van der Waals surface area contributed by atoms with E-state index in [0.29, 0.717) is 36.8 Å². The molecular weight excluding hydrogens is 376 g/mol. The number of benzene rings is 1. The van der Waals surface area contributed by atoms with Crippen molar-refractivity contribution in [1.82, 2.24) is 9.88 Å². The molecule has 0 spiro atoms. The number of likely N-dealkylation sites (tertiary alicyclic amines) is 1. The van der Waals surface area contributed by atoms with Crippen molar-refractivity contribution < 1.29 is 14.4 Å². The van der Waals surface area contributed by atoms with Crippen LogP contribution in [0.4, 0.5) is 10.8 Å². The second-order valence-electron chi connectivity index (χ2n) is 6.58. The molecule has 1 saturated heterocycles. The second-order valence-corrected chi connectivity index (χ2v) is 7.42. The number of thiazole rings is 1. The van der Waals surface area contributed by atoms with Crippen LogP contribution in [0.15, 0.2) is 41.8 Å². The molecule has 1 aliphatic heterocycles. The normalized spacial score (nSPS) is 15.0. The second kappa shape index (κ2) is 8.79. The lowest BCUT2D eigenvalue weighted by Crippen LogP contribution is -2.41. The van der Waals surface area contributed by atoms with E-state index < -0.39 is 0 Å². The summed E-state index contributed by atoms with van der Waals surface area (Å²) in [6.45, 7) is 2.53. The number of primary amides is 1. The average molecular weight is 398 g/mol. The molecule has 146 valence electrons. The van der Waals surface area contributed by atoms with Crippen LogP contribution in [-0.2, 0) is 14.4 Å². The summed E-state index contributed by atoms with van der Waals surface area (Å²) in [5.74, 6) is -0.704. The first kappa shape index (κ1) is 19.8. The zero-order valence-electron chi connectivity index (χ0n) is 15.6. The van der Waals surface area contributed by atoms with E-state index >= 15 is 0 Å². The smallest absolute Gasteiger partial charge is 0.246 e. The number of anilines is 2. The van der Waals surface area contributed by atoms with Crippen LogP contribution in [0.3, 0.4) is 0 Å². The topological polar surface area (TPSA) is 96.6 Å². The number of carbonyl (C=O) groups is 3. The molecule has 1 aromatic carbocycles. The standard InChI is InChI=1S/C20H22N4O3S/c1-14(25)24(17-5-3-2-4-6-17)20-22-16(13-28-20)7-8-18(26)23-11-9-15(10-12-23)19(21)27/h2-8,13,15H,9-12H2,1H3,(H2,21,27)/b8-7+. The van der Waals surface area contributed by atoms with Crippen LogP contribution in [0.2, 0.25) is 0 Å². The van der Waals surface area contributed by atoms with Gasteiger partial charge in [-0.05, 0) is 31.1 Å². The molecule has 3 rings (SSSR count). The molecule has 0 aliphatic carbocycles. The summed E-state index contributed by atoms with van der Waals surface area (Å²) in [6.07, 6.45) is 4.32. The zero-order valence-corrected chi connectivity index (χ0v) is 16.4. The predicted octanol–water partition coefficient (Wildman–Crippen LogP) is 2.56. The number of piperidine rings is 1. The van der Waals surface area contributed by atoms with E-state index in [0.717, 1.165) is 5.69 Å². The molecule has 2 heterocycles. The molecule has 8 heteroatoms. The van der Waals surface area contributed by atoms with E-state index in [9.17, 15) is 14.4 Å². The number of hydrogen-bond acceptors (Lipinski definition) is 5. The van der Waals surface area contributed by atoms with E-state index in [2.05, 4.69) is 4.98 Å². The zero-order chi connectivity index (χ0) is 20.1. The highest BCUT2D eigenvalue weighted by Crippen LogP contribution is 2.29. The first-order chi connectivity index (χ1) is 13.5. The summed E-state index contributed by atoms with van der Waals surface area (Å²) in [5, 5.41) is 2.35. The van der Waals surface area contributed by atoms with Crippen molar-refractivity contribution in [3.63, 3.8) is 0 Å². The van der Waals surface area contributed by atoms with E-state index in [1.165, 1.54) is 24.3 Å². The fraction of sp³-hybridized carbons (Fsp3) is 0.300. The maximum Gasteiger partial charge on any atom is 0.246 e. The van der Waals surface area contributed by atoms with Crippen LogP contribution in [0, 0.1) is 5.92 Å². The number of nitrogens with two attached hydrogens (primary N) is 1. The van der Waals surface area contributed by atoms with Crippen molar-refractivity contribution in [2.45, 2.75) is 19.8 Å². The quantitative estimate of drug-likeness (QED) is 0.783. The van der Waals surface area contributed by atoms with E-state index in [1.807, 2.05) is 30.3 Å². The Morgan fingerprint density at radius 2 is 1.89 bits per heavy atom. The molecule has 1 fully saturated rings. The molecule has 1 aromatic heterocycles. The summed E-state index contributed by atoms with van der Waals surface area (Å²) < 4.78 is 0. The Balaban J connectivity index is 1.66. The lowest BCUT2D eigenvalue weighted by atomic mass is 9.96. The van der Waals surface area contributed by atoms with Gasteiger partial charge in [-0.3, -0.25) is 19.3 Å². The summed E-state index contributed by atoms with van der Waals surface area (Å²) in [5.41, 5.74) is 6.68. The average Bonchev–Trinajstić information content (AvgIpc) is 3.15. The van der Waals surface area contributed by atoms with Crippen LogP contribution in [-0.4, -0.2) is 40.7 Å². The molecule has 28 heavy (non-hydrogen) atoms. The van der Waals surface area contributed by atoms with E-state index in [4.69, 9.17) is 5.73 Å². The van der Waals surface area contributed by atoms with Crippen LogP contribution < -0.4 is 10.6 Å². The van der Waals surface area contributed by atoms with Crippen LogP contribution in [0.25, 0.3) is 6.08 Å². The number of carbonyl (C=O) groups excluding carboxylic acids is 3. The van der Waals surface area contributed by atoms with Crippen molar-refractivity contribution in [2.24, 2.45) is 11.7 Å². The number of amides is 3. The molecule has 7 nitrogen and oxygen atoms in total. The van der Waals surface area contributed by atoms with Gasteiger partial charge >= 0.3 is 0 Å². The number of hydrogen-bond donors (Lipinski definition) is 1. The monoisotopic (exact) mass is 398 g/mol. The summed E-state index contributed by atoms with van der Waals surface area (Å²) in [4.78, 5) is 43.4. The van der Waals surface area contributed by atoms with Gasteiger partial charge in [-0.15, -0.1) is 11.3 Å². The number of aromatic nitrogens is 1. The molecule has 1 aliphatic rings. The van der Waals surface area contributed by atoms with Gasteiger partial charge in [0.2, 0.25) is 17.7 Å². The Labute approximate surface area is 167 Å². The maximum atomic E-state index is 12.4. The van der Waals surface area contributed by atoms with Gasteiger partial charge < -0.3 is 10.6 Å². The largest absolute Gasteiger partial charge is 0.369 e. The van der Waals surface area contributed by atoms with Gasteiger partial charge in [0.05, 0.1) is 11.4 Å². The molecular formula is C20H22N4O3S. The number of rotatable bonds is 5. The van der Waals surface area contributed by atoms with Crippen LogP contribution in [0.1, 0.15) is 25.5 Å². The molecule has 0 bridgehead atoms. The lowest BCUT2D eigenvalue weighted by molar-refractivity contribution is -0.130. The molecule has 2 aromatic rings. The van der Waals surface area contributed by atoms with Crippen LogP contribution in [0.5, 0.6) is 0 Å². The Morgan fingerprint density at radius 1 is 1.21 bits per heavy atom. The van der Waals surface area contributed by atoms with Gasteiger partial charge in [0, 0.05) is 37.4 Å². The third-order valence-electron chi connectivity index (χ3n) is 4.64. The van der Waals surface area contributed by atoms with Crippen molar-refractivity contribution >= 4 is 46.0 Å². The van der Waals surface area contributed by atoms with Crippen molar-refractivity contribution in [2.75, 3.05) is 18.0 Å². The summed E-state index contributed by atoms with van der Waals surface area (Å²) in [6, 6.07) is 9.30. The summed E-state index contributed by atoms with van der Waals surface area (Å²) >= 11 is 1.34. The molecule has 2 N–H and O–H groups in total. The fourth-order valence-electron chi connectivity index (χ4n) is 3.11. The van der Waals surface area contributed by atoms with Crippen molar-refractivity contribution in [1.29, 1.82) is 0 Å². The van der Waals surface area contributed by atoms with Crippen molar-refractivity contribution in [3.8, 4) is 0 Å². The van der Waals surface area contributed by atoms with Gasteiger partial charge in [-0.2, -0.15) is 0 Å². The third kappa shape index (κ3) is 4.64. The Morgan fingerprint density at radius 3 is 2.50 bits per heavy atom. The number of para-hydroxylation sites is 1. The fourth-order valence-corrected chi connectivity index (χ4v) is 3.96. The minimum Gasteiger partial charge on any atom is -0.369 e. The molecule has 3 amide bonds. The third-order valence-corrected chi connectivity index (χ3v) is 5.48. The lowest BCUT2D eigenvalue weighted by Gasteiger charge is -2.29. The highest BCUT2D eigenvalue weighted by atomic mass is 32.1. The highest BCUT2D eigenvalue weighted by Gasteiger charge is 2.25. The molecule has 0 radical (unpaired) electrons. The van der Waals surface area contributed by atoms with Gasteiger partial charge in [0.15, 0.2) is 5.13 Å². The minimum atomic E-state index is -0.300.